The fraction of sp³-hybridized carbons (Fsp3) is 0.0909. The number of esters is 1. The Labute approximate surface area is 167 Å². The Morgan fingerprint density at radius 2 is 1.69 bits per heavy atom. The smallest absolute Gasteiger partial charge is 0.338 e. The Hall–Kier alpha value is -4.00. The maximum atomic E-state index is 12.3. The summed E-state index contributed by atoms with van der Waals surface area (Å²) in [5, 5.41) is 13.6. The first-order chi connectivity index (χ1) is 13.9. The van der Waals surface area contributed by atoms with Crippen LogP contribution in [0.5, 0.6) is 0 Å². The van der Waals surface area contributed by atoms with Crippen molar-refractivity contribution in [2.45, 2.75) is 13.5 Å². The number of nitro benzene ring substituents is 1. The average Bonchev–Trinajstić information content (AvgIpc) is 2.73. The second kappa shape index (κ2) is 8.79. The summed E-state index contributed by atoms with van der Waals surface area (Å²) >= 11 is 0. The molecule has 0 aromatic heterocycles. The van der Waals surface area contributed by atoms with Gasteiger partial charge in [-0.1, -0.05) is 35.9 Å². The Bertz CT molecular complexity index is 1060. The van der Waals surface area contributed by atoms with Crippen LogP contribution >= 0.6 is 0 Å². The van der Waals surface area contributed by atoms with E-state index in [1.807, 2.05) is 19.1 Å². The number of nitrogens with zero attached hydrogens (tertiary/aromatic N) is 1. The van der Waals surface area contributed by atoms with E-state index in [2.05, 4.69) is 5.32 Å². The largest absolute Gasteiger partial charge is 0.457 e. The van der Waals surface area contributed by atoms with Crippen molar-refractivity contribution in [1.29, 1.82) is 0 Å². The molecule has 146 valence electrons. The molecule has 3 aromatic rings. The highest BCUT2D eigenvalue weighted by Gasteiger charge is 2.12. The SMILES string of the molecule is Cc1ccc(C(=O)Nc2cccc(C(=O)OCc3cccc([N+](=O)[O-])c3)c2)cc1. The van der Waals surface area contributed by atoms with Crippen LogP contribution in [-0.2, 0) is 11.3 Å². The van der Waals surface area contributed by atoms with Gasteiger partial charge in [-0.2, -0.15) is 0 Å². The van der Waals surface area contributed by atoms with Gasteiger partial charge in [-0.15, -0.1) is 0 Å². The van der Waals surface area contributed by atoms with Crippen LogP contribution in [0.25, 0.3) is 0 Å². The van der Waals surface area contributed by atoms with Crippen LogP contribution in [-0.4, -0.2) is 16.8 Å². The highest BCUT2D eigenvalue weighted by Crippen LogP contribution is 2.17. The van der Waals surface area contributed by atoms with E-state index in [4.69, 9.17) is 4.74 Å². The van der Waals surface area contributed by atoms with Gasteiger partial charge in [0.15, 0.2) is 0 Å². The van der Waals surface area contributed by atoms with Crippen LogP contribution in [0.3, 0.4) is 0 Å². The lowest BCUT2D eigenvalue weighted by Gasteiger charge is -2.08. The molecule has 0 radical (unpaired) electrons. The summed E-state index contributed by atoms with van der Waals surface area (Å²) in [7, 11) is 0. The molecule has 29 heavy (non-hydrogen) atoms. The van der Waals surface area contributed by atoms with Gasteiger partial charge in [0.2, 0.25) is 0 Å². The molecule has 0 unspecified atom stereocenters. The van der Waals surface area contributed by atoms with Gasteiger partial charge in [0.1, 0.15) is 6.61 Å². The van der Waals surface area contributed by atoms with E-state index >= 15 is 0 Å². The summed E-state index contributed by atoms with van der Waals surface area (Å²) in [6.45, 7) is 1.84. The first-order valence-electron chi connectivity index (χ1n) is 8.81. The number of hydrogen-bond acceptors (Lipinski definition) is 5. The number of ether oxygens (including phenoxy) is 1. The molecule has 7 heteroatoms. The first-order valence-corrected chi connectivity index (χ1v) is 8.81. The van der Waals surface area contributed by atoms with Crippen LogP contribution in [0.1, 0.15) is 31.8 Å². The lowest BCUT2D eigenvalue weighted by Crippen LogP contribution is -2.12. The summed E-state index contributed by atoms with van der Waals surface area (Å²) in [6, 6.07) is 19.4. The molecule has 1 amide bonds. The predicted molar refractivity (Wildman–Crippen MR) is 108 cm³/mol. The third-order valence-electron chi connectivity index (χ3n) is 4.16. The molecule has 0 aliphatic carbocycles. The molecule has 7 nitrogen and oxygen atoms in total. The quantitative estimate of drug-likeness (QED) is 0.379. The van der Waals surface area contributed by atoms with Crippen molar-refractivity contribution in [2.24, 2.45) is 0 Å². The Morgan fingerprint density at radius 3 is 2.41 bits per heavy atom. The van der Waals surface area contributed by atoms with Crippen molar-refractivity contribution in [2.75, 3.05) is 5.32 Å². The van der Waals surface area contributed by atoms with Gasteiger partial charge < -0.3 is 10.1 Å². The Balaban J connectivity index is 1.64. The van der Waals surface area contributed by atoms with Crippen LogP contribution in [0.15, 0.2) is 72.8 Å². The van der Waals surface area contributed by atoms with Crippen LogP contribution in [0.4, 0.5) is 11.4 Å². The minimum Gasteiger partial charge on any atom is -0.457 e. The molecule has 0 spiro atoms. The normalized spacial score (nSPS) is 10.2. The van der Waals surface area contributed by atoms with E-state index in [1.54, 1.807) is 36.4 Å². The second-order valence-corrected chi connectivity index (χ2v) is 6.40. The molecule has 3 rings (SSSR count). The van der Waals surface area contributed by atoms with Crippen molar-refractivity contribution < 1.29 is 19.2 Å². The number of carbonyl (C=O) groups excluding carboxylic acids is 2. The minimum atomic E-state index is -0.594. The van der Waals surface area contributed by atoms with Crippen molar-refractivity contribution in [1.82, 2.24) is 0 Å². The molecular formula is C22H18N2O5. The van der Waals surface area contributed by atoms with E-state index in [1.165, 1.54) is 24.3 Å². The molecule has 0 atom stereocenters. The predicted octanol–water partition coefficient (Wildman–Crippen LogP) is 4.51. The number of anilines is 1. The van der Waals surface area contributed by atoms with Crippen LogP contribution < -0.4 is 5.32 Å². The van der Waals surface area contributed by atoms with Gasteiger partial charge in [0.05, 0.1) is 10.5 Å². The lowest BCUT2D eigenvalue weighted by atomic mass is 10.1. The van der Waals surface area contributed by atoms with Crippen molar-refractivity contribution in [3.8, 4) is 0 Å². The van der Waals surface area contributed by atoms with Crippen LogP contribution in [0.2, 0.25) is 0 Å². The molecule has 0 saturated carbocycles. The summed E-state index contributed by atoms with van der Waals surface area (Å²) in [4.78, 5) is 34.9. The van der Waals surface area contributed by atoms with E-state index in [9.17, 15) is 19.7 Å². The number of non-ortho nitro benzene ring substituents is 1. The van der Waals surface area contributed by atoms with Crippen LogP contribution in [0, 0.1) is 17.0 Å². The van der Waals surface area contributed by atoms with Gasteiger partial charge in [-0.3, -0.25) is 14.9 Å². The van der Waals surface area contributed by atoms with Crippen molar-refractivity contribution >= 4 is 23.3 Å². The zero-order valence-electron chi connectivity index (χ0n) is 15.6. The Kier molecular flexibility index (Phi) is 5.99. The molecule has 0 fully saturated rings. The number of benzene rings is 3. The second-order valence-electron chi connectivity index (χ2n) is 6.40. The lowest BCUT2D eigenvalue weighted by molar-refractivity contribution is -0.384. The van der Waals surface area contributed by atoms with Gasteiger partial charge >= 0.3 is 5.97 Å². The number of hydrogen-bond donors (Lipinski definition) is 1. The highest BCUT2D eigenvalue weighted by atomic mass is 16.6. The molecule has 0 saturated heterocycles. The number of carbonyl (C=O) groups is 2. The minimum absolute atomic E-state index is 0.0700. The average molecular weight is 390 g/mol. The summed E-state index contributed by atoms with van der Waals surface area (Å²) in [6.07, 6.45) is 0. The summed E-state index contributed by atoms with van der Waals surface area (Å²) < 4.78 is 5.23. The summed E-state index contributed by atoms with van der Waals surface area (Å²) in [5.74, 6) is -0.880. The molecular weight excluding hydrogens is 372 g/mol. The number of aryl methyl sites for hydroxylation is 1. The topological polar surface area (TPSA) is 98.5 Å². The number of nitrogens with one attached hydrogen (secondary N) is 1. The van der Waals surface area contributed by atoms with Gasteiger partial charge in [0, 0.05) is 23.4 Å². The van der Waals surface area contributed by atoms with E-state index < -0.39 is 10.9 Å². The molecule has 3 aromatic carbocycles. The first kappa shape index (κ1) is 19.8. The third kappa shape index (κ3) is 5.26. The molecule has 0 heterocycles. The van der Waals surface area contributed by atoms with E-state index in [-0.39, 0.29) is 23.8 Å². The molecule has 0 bridgehead atoms. The van der Waals surface area contributed by atoms with Gasteiger partial charge in [-0.05, 0) is 42.8 Å². The molecule has 1 N–H and O–H groups in total. The number of amides is 1. The maximum Gasteiger partial charge on any atom is 0.338 e. The standard InChI is InChI=1S/C22H18N2O5/c1-15-8-10-17(11-9-15)21(25)23-19-6-3-5-18(13-19)22(26)29-14-16-4-2-7-20(12-16)24(27)28/h2-13H,14H2,1H3,(H,23,25). The fourth-order valence-electron chi connectivity index (χ4n) is 2.62. The zero-order valence-corrected chi connectivity index (χ0v) is 15.6. The highest BCUT2D eigenvalue weighted by molar-refractivity contribution is 6.04. The van der Waals surface area contributed by atoms with E-state index in [0.29, 0.717) is 16.8 Å². The maximum absolute atomic E-state index is 12.3. The van der Waals surface area contributed by atoms with Gasteiger partial charge in [0.25, 0.3) is 11.6 Å². The van der Waals surface area contributed by atoms with E-state index in [0.717, 1.165) is 5.56 Å². The Morgan fingerprint density at radius 1 is 0.966 bits per heavy atom. The molecule has 0 aliphatic heterocycles. The molecule has 0 aliphatic rings. The number of rotatable bonds is 6. The van der Waals surface area contributed by atoms with Crippen molar-refractivity contribution in [3.63, 3.8) is 0 Å². The van der Waals surface area contributed by atoms with Gasteiger partial charge in [-0.25, -0.2) is 4.79 Å². The number of nitro groups is 1. The third-order valence-corrected chi connectivity index (χ3v) is 4.16. The zero-order chi connectivity index (χ0) is 20.8. The summed E-state index contributed by atoms with van der Waals surface area (Å²) in [5.41, 5.74) is 2.72. The fourth-order valence-corrected chi connectivity index (χ4v) is 2.62. The van der Waals surface area contributed by atoms with Crippen molar-refractivity contribution in [3.05, 3.63) is 105 Å². The monoisotopic (exact) mass is 390 g/mol.